The summed E-state index contributed by atoms with van der Waals surface area (Å²) in [7, 11) is -10.2. The predicted octanol–water partition coefficient (Wildman–Crippen LogP) is 6.99. The number of amides is 2. The van der Waals surface area contributed by atoms with Gasteiger partial charge in [-0.05, 0) is 60.4 Å². The van der Waals surface area contributed by atoms with Gasteiger partial charge in [0.1, 0.15) is 45.7 Å². The van der Waals surface area contributed by atoms with Crippen molar-refractivity contribution in [1.29, 1.82) is 0 Å². The average Bonchev–Trinajstić information content (AvgIpc) is 3.71. The van der Waals surface area contributed by atoms with Crippen LogP contribution in [-0.2, 0) is 43.4 Å². The smallest absolute Gasteiger partial charge is 0.439 e. The van der Waals surface area contributed by atoms with Crippen molar-refractivity contribution >= 4 is 89.4 Å². The average molecular weight is 952 g/mol. The zero-order valence-corrected chi connectivity index (χ0v) is 33.3. The van der Waals surface area contributed by atoms with Crippen molar-refractivity contribution in [1.82, 2.24) is 9.97 Å². The highest BCUT2D eigenvalue weighted by atomic mass is 127. The van der Waals surface area contributed by atoms with Crippen LogP contribution in [-0.4, -0.2) is 69.3 Å². The molecule has 0 radical (unpaired) electrons. The molecule has 6 atom stereocenters. The number of halogens is 3. The molecule has 0 bridgehead atoms. The molecular formula is C31H30F2IN7O12P2S. The van der Waals surface area contributed by atoms with E-state index in [0.29, 0.717) is 5.56 Å². The number of nitrogens with two attached hydrogens (primary N) is 1. The first-order valence-corrected chi connectivity index (χ1v) is 22.3. The molecule has 0 saturated carbocycles. The molecule has 298 valence electrons. The lowest BCUT2D eigenvalue weighted by Gasteiger charge is -2.28. The molecule has 6 rings (SSSR count). The van der Waals surface area contributed by atoms with Crippen LogP contribution in [0.2, 0.25) is 0 Å². The van der Waals surface area contributed by atoms with Crippen molar-refractivity contribution in [3.8, 4) is 0 Å². The van der Waals surface area contributed by atoms with Crippen LogP contribution in [0.25, 0.3) is 0 Å². The van der Waals surface area contributed by atoms with Gasteiger partial charge in [0.15, 0.2) is 40.9 Å². The van der Waals surface area contributed by atoms with E-state index < -0.39 is 97.9 Å². The first-order valence-electron chi connectivity index (χ1n) is 15.9. The number of hydrogen-bond acceptors (Lipinski definition) is 16. The monoisotopic (exact) mass is 951 g/mol. The number of anilines is 4. The highest BCUT2D eigenvalue weighted by Gasteiger charge is 2.54. The summed E-state index contributed by atoms with van der Waals surface area (Å²) < 4.78 is 85.3. The Morgan fingerprint density at radius 3 is 2.11 bits per heavy atom. The fourth-order valence-electron chi connectivity index (χ4n) is 5.12. The van der Waals surface area contributed by atoms with Gasteiger partial charge in [-0.25, -0.2) is 42.1 Å². The number of nitrogens with zero attached hydrogens (tertiary/aromatic N) is 4. The van der Waals surface area contributed by atoms with Crippen molar-refractivity contribution in [3.05, 3.63) is 96.1 Å². The van der Waals surface area contributed by atoms with E-state index in [1.54, 1.807) is 24.5 Å². The van der Waals surface area contributed by atoms with Gasteiger partial charge in [-0.2, -0.15) is 3.15 Å². The van der Waals surface area contributed by atoms with Crippen LogP contribution in [0.4, 0.5) is 47.1 Å². The topological polar surface area (TPSA) is 256 Å². The number of carbonyl (C=O) groups is 2. The molecule has 4 unspecified atom stereocenters. The summed E-state index contributed by atoms with van der Waals surface area (Å²) in [5, 5.41) is 5.12. The van der Waals surface area contributed by atoms with E-state index >= 15 is 0 Å². The quantitative estimate of drug-likeness (QED) is 0.0162. The summed E-state index contributed by atoms with van der Waals surface area (Å²) in [6.07, 6.45) is -7.18. The van der Waals surface area contributed by atoms with Gasteiger partial charge in [0, 0.05) is 11.4 Å². The molecule has 3 heterocycles. The fourth-order valence-corrected chi connectivity index (χ4v) is 10.1. The molecule has 25 heteroatoms. The van der Waals surface area contributed by atoms with Crippen molar-refractivity contribution in [3.63, 3.8) is 0 Å². The van der Waals surface area contributed by atoms with Crippen LogP contribution in [0, 0.1) is 11.6 Å². The van der Waals surface area contributed by atoms with Crippen LogP contribution in [0.5, 0.6) is 0 Å². The minimum atomic E-state index is -5.40. The van der Waals surface area contributed by atoms with Crippen LogP contribution < -0.4 is 19.5 Å². The number of carbonyl (C=O) groups excluding carboxylic acids is 2. The lowest BCUT2D eigenvalue weighted by molar-refractivity contribution is -0.243. The van der Waals surface area contributed by atoms with Gasteiger partial charge in [-0.15, -0.1) is 4.67 Å². The normalized spacial score (nSPS) is 20.9. The van der Waals surface area contributed by atoms with Crippen LogP contribution in [0.3, 0.4) is 0 Å². The number of benzene rings is 3. The van der Waals surface area contributed by atoms with Crippen molar-refractivity contribution < 1.29 is 65.4 Å². The van der Waals surface area contributed by atoms with Gasteiger partial charge < -0.3 is 29.7 Å². The molecule has 2 aliphatic heterocycles. The van der Waals surface area contributed by atoms with Crippen molar-refractivity contribution in [2.45, 2.75) is 35.9 Å². The maximum atomic E-state index is 13.6. The second-order valence-corrected chi connectivity index (χ2v) is 17.6. The first kappa shape index (κ1) is 41.5. The molecule has 3 aromatic carbocycles. The van der Waals surface area contributed by atoms with E-state index in [-0.39, 0.29) is 33.9 Å². The number of nitrogen functional groups attached to an aromatic ring is 1. The number of thioether (sulfide) groups is 1. The Morgan fingerprint density at radius 1 is 0.929 bits per heavy atom. The van der Waals surface area contributed by atoms with E-state index in [1.807, 2.05) is 0 Å². The zero-order valence-electron chi connectivity index (χ0n) is 28.5. The molecule has 6 N–H and O–H groups in total. The number of nitrogens with one attached hydrogen (secondary N) is 2. The Bertz CT molecular complexity index is 2190. The molecule has 2 amide bonds. The second kappa shape index (κ2) is 18.0. The Kier molecular flexibility index (Phi) is 13.3. The largest absolute Gasteiger partial charge is 0.506 e. The molecule has 4 aromatic rings. The van der Waals surface area contributed by atoms with E-state index in [0.717, 1.165) is 24.3 Å². The summed E-state index contributed by atoms with van der Waals surface area (Å²) in [6, 6.07) is 17.2. The van der Waals surface area contributed by atoms with Gasteiger partial charge >= 0.3 is 27.6 Å². The van der Waals surface area contributed by atoms with Crippen LogP contribution in [0.15, 0.2) is 87.2 Å². The van der Waals surface area contributed by atoms with Gasteiger partial charge in [-0.3, -0.25) is 18.3 Å². The van der Waals surface area contributed by atoms with Gasteiger partial charge in [0.25, 0.3) is 0 Å². The molecule has 1 aromatic heterocycles. The molecule has 0 aliphatic carbocycles. The molecule has 56 heavy (non-hydrogen) atoms. The van der Waals surface area contributed by atoms with Crippen molar-refractivity contribution in [2.24, 2.45) is 3.15 Å². The summed E-state index contributed by atoms with van der Waals surface area (Å²) in [5.74, 6) is -0.894. The summed E-state index contributed by atoms with van der Waals surface area (Å²) in [5.41, 5.74) is 6.96. The van der Waals surface area contributed by atoms with Crippen molar-refractivity contribution in [2.75, 3.05) is 32.3 Å². The van der Waals surface area contributed by atoms with Gasteiger partial charge in [0.05, 0.1) is 6.16 Å². The third kappa shape index (κ3) is 10.8. The Morgan fingerprint density at radius 2 is 1.52 bits per heavy atom. The molecule has 1 saturated heterocycles. The second-order valence-electron chi connectivity index (χ2n) is 11.5. The molecular weight excluding hydrogens is 921 g/mol. The highest BCUT2D eigenvalue weighted by Crippen LogP contribution is 2.61. The lowest BCUT2D eigenvalue weighted by Crippen LogP contribution is -2.46. The predicted molar refractivity (Wildman–Crippen MR) is 204 cm³/mol. The third-order valence-corrected chi connectivity index (χ3v) is 13.1. The van der Waals surface area contributed by atoms with Crippen LogP contribution >= 0.6 is 48.5 Å². The summed E-state index contributed by atoms with van der Waals surface area (Å²) in [4.78, 5) is 60.9. The minimum absolute atomic E-state index is 0.0537. The molecule has 2 aliphatic rings. The first-order chi connectivity index (χ1) is 26.7. The summed E-state index contributed by atoms with van der Waals surface area (Å²) in [6.45, 7) is -0.842. The minimum Gasteiger partial charge on any atom is -0.439 e. The molecule has 1 fully saturated rings. The Balaban J connectivity index is 1.27. The van der Waals surface area contributed by atoms with E-state index in [9.17, 15) is 37.3 Å². The number of phosphoric acid groups is 1. The maximum absolute atomic E-state index is 13.6. The lowest BCUT2D eigenvalue weighted by atomic mass is 10.1. The standard InChI is InChI=1S/C31H30F2IN7O12P2S/c1-56-29-38-26(35)23-27(39-29)41(34-40-23)28-25(51-31(43)37-21-13-9-19(33)10-14-21)24(50-30(42)36-20-11-7-18(32)8-12-20)22(49-28)15-48-52-55(46,47)53-54(44,45)16-17-5-3-2-4-6-17/h2-14,22,24-25,28H,15-16H2,1H3,(H,36,42)(H,37,43)(H,44,45)(H,46,47)(H2,35,38,39)/t22-,24?,25?,28-/m1/s1. The SMILES string of the molecule is CSc1nc(N)c2c(n1)N([C@@H]1O[C@H](COOP(=O)(O)OP(=O)(O)Cc3ccccc3)C(OC(=O)Nc3ccc(F)cc3)C1OC(=O)Nc1ccc(F)cc1)I=N2. The fraction of sp³-hybridized carbons (Fsp3) is 0.226. The number of hydrogen-bond donors (Lipinski definition) is 5. The maximum Gasteiger partial charge on any atom is 0.506 e. The zero-order chi connectivity index (χ0) is 40.0. The van der Waals surface area contributed by atoms with Gasteiger partial charge in [0.2, 0.25) is 0 Å². The third-order valence-electron chi connectivity index (χ3n) is 7.47. The highest BCUT2D eigenvalue weighted by molar-refractivity contribution is 14.2. The Labute approximate surface area is 330 Å². The van der Waals surface area contributed by atoms with E-state index in [2.05, 4.69) is 32.7 Å². The van der Waals surface area contributed by atoms with E-state index in [4.69, 9.17) is 24.8 Å². The Hall–Kier alpha value is -4.16. The number of fused-ring (bicyclic) bond motifs is 1. The number of ether oxygens (including phenoxy) is 3. The number of rotatable bonds is 14. The number of aromatic nitrogens is 2. The van der Waals surface area contributed by atoms with E-state index in [1.165, 1.54) is 51.3 Å². The molecule has 19 nitrogen and oxygen atoms in total. The van der Waals surface area contributed by atoms with Crippen LogP contribution in [0.1, 0.15) is 5.56 Å². The summed E-state index contributed by atoms with van der Waals surface area (Å²) >= 11 is -0.243. The van der Waals surface area contributed by atoms with Gasteiger partial charge in [-0.1, -0.05) is 42.1 Å². The molecule has 0 spiro atoms.